The zero-order chi connectivity index (χ0) is 17.7. The lowest BCUT2D eigenvalue weighted by atomic mass is 10.0. The Hall–Kier alpha value is -0.500. The summed E-state index contributed by atoms with van der Waals surface area (Å²) in [6, 6.07) is 6.36. The molecule has 2 atom stereocenters. The fraction of sp³-hybridized carbons (Fsp3) is 0. The molecule has 0 saturated carbocycles. The van der Waals surface area contributed by atoms with Gasteiger partial charge in [-0.25, -0.2) is 0 Å². The lowest BCUT2D eigenvalue weighted by molar-refractivity contribution is 0.469. The van der Waals surface area contributed by atoms with Gasteiger partial charge in [-0.05, 0) is 6.07 Å². The number of aromatic amines is 2. The van der Waals surface area contributed by atoms with Crippen LogP contribution in [-0.4, -0.2) is 23.7 Å². The number of para-hydroxylation sites is 1. The van der Waals surface area contributed by atoms with Crippen LogP contribution in [0, 0.1) is 0 Å². The minimum atomic E-state index is -0.322. The van der Waals surface area contributed by atoms with Crippen molar-refractivity contribution in [2.45, 2.75) is 0 Å². The highest BCUT2D eigenvalue weighted by atomic mass is 35.5. The van der Waals surface area contributed by atoms with E-state index in [-0.39, 0.29) is 37.2 Å². The smallest absolute Gasteiger partial charge is 0.145 e. The molecule has 0 saturated heterocycles. The molecule has 2 aromatic carbocycles. The SMILES string of the molecule is Oc1ccccc1-c1c(O)c(Cl)c(Cl)c(Cl)c1Cl.n1p[nH][pH][nH][pH]1. The molecular weight excluding hydrogens is 453 g/mol. The Morgan fingerprint density at radius 1 is 0.958 bits per heavy atom. The maximum atomic E-state index is 9.99. The molecule has 0 bridgehead atoms. The molecule has 1 heterocycles. The Morgan fingerprint density at radius 3 is 2.12 bits per heavy atom. The van der Waals surface area contributed by atoms with Gasteiger partial charge >= 0.3 is 0 Å². The number of aromatic hydroxyl groups is 2. The molecule has 0 radical (unpaired) electrons. The Labute approximate surface area is 162 Å². The molecule has 0 fully saturated rings. The van der Waals surface area contributed by atoms with Crippen molar-refractivity contribution in [2.24, 2.45) is 0 Å². The van der Waals surface area contributed by atoms with Crippen molar-refractivity contribution in [3.63, 3.8) is 0 Å². The van der Waals surface area contributed by atoms with E-state index in [1.165, 1.54) is 6.07 Å². The highest BCUT2D eigenvalue weighted by molar-refractivity contribution is 7.43. The van der Waals surface area contributed by atoms with Gasteiger partial charge in [0.15, 0.2) is 0 Å². The van der Waals surface area contributed by atoms with Crippen molar-refractivity contribution in [3.05, 3.63) is 44.4 Å². The highest BCUT2D eigenvalue weighted by Gasteiger charge is 2.22. The minimum Gasteiger partial charge on any atom is -0.507 e. The molecule has 0 aliphatic rings. The number of rotatable bonds is 1. The standard InChI is InChI=1S/C12H6Cl4O2.H4N3P3/c13-8-7(5-3-1-2-4-6(5)17)12(18)11(16)10(15)9(8)14;1-4-2-6-3-5-1/h1-4,17-18H;1,4-5H,(H,2,3). The van der Waals surface area contributed by atoms with Crippen molar-refractivity contribution < 1.29 is 10.2 Å². The fourth-order valence-corrected chi connectivity index (χ4v) is 5.30. The molecule has 12 heteroatoms. The molecule has 128 valence electrons. The number of halogens is 4. The van der Waals surface area contributed by atoms with E-state index in [4.69, 9.17) is 46.4 Å². The van der Waals surface area contributed by atoms with E-state index in [9.17, 15) is 10.2 Å². The third kappa shape index (κ3) is 4.56. The number of phenolic OH excluding ortho intramolecular Hbond substituents is 2. The molecule has 0 spiro atoms. The van der Waals surface area contributed by atoms with Crippen LogP contribution in [0.1, 0.15) is 0 Å². The molecule has 5 nitrogen and oxygen atoms in total. The second-order valence-corrected chi connectivity index (χ2v) is 9.05. The number of aromatic nitrogens is 3. The summed E-state index contributed by atoms with van der Waals surface area (Å²) in [4.78, 5) is 0. The fourth-order valence-electron chi connectivity index (χ4n) is 1.71. The second kappa shape index (κ2) is 9.27. The zero-order valence-electron chi connectivity index (χ0n) is 11.6. The Bertz CT molecular complexity index is 803. The van der Waals surface area contributed by atoms with Crippen molar-refractivity contribution in [1.29, 1.82) is 0 Å². The van der Waals surface area contributed by atoms with Gasteiger partial charge in [0.2, 0.25) is 0 Å². The van der Waals surface area contributed by atoms with Gasteiger partial charge in [-0.2, -0.15) is 4.51 Å². The predicted molar refractivity (Wildman–Crippen MR) is 107 cm³/mol. The maximum Gasteiger partial charge on any atom is 0.145 e. The molecule has 3 aromatic rings. The molecule has 24 heavy (non-hydrogen) atoms. The monoisotopic (exact) mass is 461 g/mol. The van der Waals surface area contributed by atoms with Gasteiger partial charge in [0.25, 0.3) is 0 Å². The van der Waals surface area contributed by atoms with Crippen LogP contribution in [0.25, 0.3) is 11.1 Å². The van der Waals surface area contributed by atoms with E-state index >= 15 is 0 Å². The number of hydrogen-bond acceptors (Lipinski definition) is 3. The molecule has 4 N–H and O–H groups in total. The van der Waals surface area contributed by atoms with E-state index in [0.29, 0.717) is 22.6 Å². The third-order valence-electron chi connectivity index (χ3n) is 2.74. The van der Waals surface area contributed by atoms with Gasteiger partial charge in [-0.15, -0.1) is 0 Å². The zero-order valence-corrected chi connectivity index (χ0v) is 17.5. The minimum absolute atomic E-state index is 0.0272. The van der Waals surface area contributed by atoms with Gasteiger partial charge in [0, 0.05) is 28.1 Å². The van der Waals surface area contributed by atoms with Crippen LogP contribution in [0.15, 0.2) is 24.3 Å². The first-order valence-corrected chi connectivity index (χ1v) is 10.5. The second-order valence-electron chi connectivity index (χ2n) is 4.17. The van der Waals surface area contributed by atoms with Gasteiger partial charge in [0.1, 0.15) is 25.0 Å². The maximum absolute atomic E-state index is 9.99. The summed E-state index contributed by atoms with van der Waals surface area (Å²) in [6.07, 6.45) is 0. The first-order valence-electron chi connectivity index (χ1n) is 6.18. The van der Waals surface area contributed by atoms with Crippen molar-refractivity contribution in [2.75, 3.05) is 0 Å². The van der Waals surface area contributed by atoms with Crippen LogP contribution in [0.2, 0.25) is 20.1 Å². The Kier molecular flexibility index (Phi) is 7.65. The van der Waals surface area contributed by atoms with Gasteiger partial charge in [-0.3, -0.25) is 0 Å². The largest absolute Gasteiger partial charge is 0.507 e. The summed E-state index contributed by atoms with van der Waals surface area (Å²) >= 11 is 23.6. The van der Waals surface area contributed by atoms with Gasteiger partial charge < -0.3 is 19.2 Å². The van der Waals surface area contributed by atoms with E-state index in [1.54, 1.807) is 18.2 Å². The number of hydrogen-bond donors (Lipinski definition) is 4. The van der Waals surface area contributed by atoms with Crippen LogP contribution in [0.3, 0.4) is 0 Å². The van der Waals surface area contributed by atoms with E-state index in [2.05, 4.69) is 13.5 Å². The van der Waals surface area contributed by atoms with Gasteiger partial charge in [-0.1, -0.05) is 64.6 Å². The Balaban J connectivity index is 0.000000292. The number of phenols is 2. The van der Waals surface area contributed by atoms with Crippen LogP contribution in [0.5, 0.6) is 11.5 Å². The van der Waals surface area contributed by atoms with Crippen molar-refractivity contribution in [3.8, 4) is 22.6 Å². The topological polar surface area (TPSA) is 84.9 Å². The van der Waals surface area contributed by atoms with E-state index in [0.717, 1.165) is 8.51 Å². The summed E-state index contributed by atoms with van der Waals surface area (Å²) in [5.74, 6) is -0.373. The normalized spacial score (nSPS) is 11.0. The van der Waals surface area contributed by atoms with Crippen LogP contribution < -0.4 is 0 Å². The molecule has 0 amide bonds. The molecule has 3 rings (SSSR count). The van der Waals surface area contributed by atoms with Crippen molar-refractivity contribution >= 4 is 71.9 Å². The summed E-state index contributed by atoms with van der Waals surface area (Å²) in [5, 5.41) is 19.7. The summed E-state index contributed by atoms with van der Waals surface area (Å²) in [5.41, 5.74) is 0.467. The van der Waals surface area contributed by atoms with E-state index < -0.39 is 0 Å². The van der Waals surface area contributed by atoms with Gasteiger partial charge in [0.05, 0.1) is 15.1 Å². The molecule has 2 unspecified atom stereocenters. The summed E-state index contributed by atoms with van der Waals surface area (Å²) in [7, 11) is 2.36. The van der Waals surface area contributed by atoms with E-state index in [1.807, 2.05) is 0 Å². The Morgan fingerprint density at radius 2 is 1.62 bits per heavy atom. The lowest BCUT2D eigenvalue weighted by Crippen LogP contribution is -1.86. The van der Waals surface area contributed by atoms with Crippen molar-refractivity contribution in [1.82, 2.24) is 13.5 Å². The number of H-pyrrole nitrogens is 2. The number of benzene rings is 2. The molecule has 0 aliphatic carbocycles. The highest BCUT2D eigenvalue weighted by Crippen LogP contribution is 2.50. The average Bonchev–Trinajstić information content (AvgIpc) is 2.62. The molecule has 0 aliphatic heterocycles. The first kappa shape index (κ1) is 19.8. The number of nitrogens with zero attached hydrogens (tertiary/aromatic N) is 1. The lowest BCUT2D eigenvalue weighted by Gasteiger charge is -2.13. The summed E-state index contributed by atoms with van der Waals surface area (Å²) in [6.45, 7) is 0. The average molecular weight is 463 g/mol. The molecular formula is C12H10Cl4N3O2P3. The quantitative estimate of drug-likeness (QED) is 0.235. The predicted octanol–water partition coefficient (Wildman–Crippen LogP) is 6.88. The summed E-state index contributed by atoms with van der Waals surface area (Å²) < 4.78 is 10.0. The first-order chi connectivity index (χ1) is 11.4. The van der Waals surface area contributed by atoms with Crippen LogP contribution in [0.4, 0.5) is 0 Å². The molecule has 1 aromatic heterocycles. The van der Waals surface area contributed by atoms with Crippen LogP contribution in [-0.2, 0) is 0 Å². The third-order valence-corrected chi connectivity index (χ3v) is 7.13. The number of nitrogens with one attached hydrogen (secondary N) is 2. The van der Waals surface area contributed by atoms with Crippen LogP contribution >= 0.6 is 71.9 Å².